The van der Waals surface area contributed by atoms with Crippen molar-refractivity contribution in [2.45, 2.75) is 64.2 Å². The molecule has 0 saturated heterocycles. The van der Waals surface area contributed by atoms with E-state index in [4.69, 9.17) is 0 Å². The lowest BCUT2D eigenvalue weighted by atomic mass is 9.86. The average Bonchev–Trinajstić information content (AvgIpc) is 3.18. The van der Waals surface area contributed by atoms with Gasteiger partial charge in [-0.3, -0.25) is 0 Å². The number of hydrogen-bond donors (Lipinski definition) is 0. The van der Waals surface area contributed by atoms with Gasteiger partial charge in [0.25, 0.3) is 0 Å². The van der Waals surface area contributed by atoms with Crippen molar-refractivity contribution in [3.8, 4) is 0 Å². The Hall–Kier alpha value is -0.260. The zero-order valence-electron chi connectivity index (χ0n) is 12.7. The van der Waals surface area contributed by atoms with E-state index in [9.17, 15) is 0 Å². The molecule has 0 unspecified atom stereocenters. The maximum absolute atomic E-state index is 2.07. The third-order valence-electron chi connectivity index (χ3n) is 8.89. The van der Waals surface area contributed by atoms with Gasteiger partial charge in [0.15, 0.2) is 0 Å². The second-order valence-corrected chi connectivity index (χ2v) is 9.18. The van der Waals surface area contributed by atoms with Crippen molar-refractivity contribution >= 4 is 0 Å². The van der Waals surface area contributed by atoms with Crippen LogP contribution < -0.4 is 0 Å². The Morgan fingerprint density at radius 2 is 0.850 bits per heavy atom. The van der Waals surface area contributed by atoms with Crippen LogP contribution >= 0.6 is 0 Å². The van der Waals surface area contributed by atoms with Crippen molar-refractivity contribution in [3.63, 3.8) is 0 Å². The normalized spacial score (nSPS) is 62.4. The van der Waals surface area contributed by atoms with Gasteiger partial charge in [-0.2, -0.15) is 0 Å². The zero-order valence-corrected chi connectivity index (χ0v) is 12.7. The average molecular weight is 268 g/mol. The van der Waals surface area contributed by atoms with E-state index in [0.29, 0.717) is 0 Å². The topological polar surface area (TPSA) is 0 Å². The zero-order chi connectivity index (χ0) is 12.8. The van der Waals surface area contributed by atoms with E-state index in [1.54, 1.807) is 64.2 Å². The Morgan fingerprint density at radius 1 is 0.450 bits per heavy atom. The van der Waals surface area contributed by atoms with E-state index in [0.717, 1.165) is 47.3 Å². The molecule has 6 aliphatic carbocycles. The van der Waals surface area contributed by atoms with Crippen LogP contribution in [-0.2, 0) is 0 Å². The lowest BCUT2D eigenvalue weighted by Gasteiger charge is -2.19. The van der Waals surface area contributed by atoms with Crippen molar-refractivity contribution in [1.29, 1.82) is 0 Å². The fraction of sp³-hybridized carbons (Fsp3) is 0.900. The summed E-state index contributed by atoms with van der Waals surface area (Å²) in [6.07, 6.45) is 15.8. The number of allylic oxidation sites excluding steroid dienone is 2. The highest BCUT2D eigenvalue weighted by Gasteiger charge is 2.56. The van der Waals surface area contributed by atoms with Gasteiger partial charge in [0.2, 0.25) is 0 Å². The molecule has 20 heavy (non-hydrogen) atoms. The standard InChI is InChI=1S/C20H28/c1-3-13-9-17(15-7-5-11(1)19(13)15)18-10-14-4-2-12-6-8-16(18)20(12)14/h11-16,19-20H,1-10H2/b18-17+/t11-,12-,13-,14-,15+,16+,19+,20+/m0/s1. The molecule has 6 aliphatic rings. The number of hydrogen-bond acceptors (Lipinski definition) is 0. The van der Waals surface area contributed by atoms with Gasteiger partial charge in [0.05, 0.1) is 0 Å². The van der Waals surface area contributed by atoms with E-state index >= 15 is 0 Å². The van der Waals surface area contributed by atoms with Gasteiger partial charge >= 0.3 is 0 Å². The van der Waals surface area contributed by atoms with Crippen molar-refractivity contribution < 1.29 is 0 Å². The Balaban J connectivity index is 1.42. The molecule has 0 aromatic rings. The summed E-state index contributed by atoms with van der Waals surface area (Å²) >= 11 is 0. The minimum absolute atomic E-state index is 1.08. The van der Waals surface area contributed by atoms with Gasteiger partial charge in [-0.1, -0.05) is 11.1 Å². The summed E-state index contributed by atoms with van der Waals surface area (Å²) in [5.74, 6) is 9.06. The first-order valence-corrected chi connectivity index (χ1v) is 9.62. The largest absolute Gasteiger partial charge is 0.0670 e. The van der Waals surface area contributed by atoms with Crippen LogP contribution in [0.1, 0.15) is 64.2 Å². The quantitative estimate of drug-likeness (QED) is 0.530. The fourth-order valence-electron chi connectivity index (χ4n) is 8.45. The second-order valence-electron chi connectivity index (χ2n) is 9.18. The SMILES string of the molecule is C1C[C@H]2C/C(=C3/C[C@@H]4CC[C@H]5CC[C@H]3[C@H]54)[C@H]3CC[C@H]1[C@H]23. The molecule has 6 fully saturated rings. The van der Waals surface area contributed by atoms with Crippen LogP contribution in [0.5, 0.6) is 0 Å². The van der Waals surface area contributed by atoms with Crippen LogP contribution in [0.25, 0.3) is 0 Å². The summed E-state index contributed by atoms with van der Waals surface area (Å²) < 4.78 is 0. The van der Waals surface area contributed by atoms with E-state index in [-0.39, 0.29) is 0 Å². The Kier molecular flexibility index (Phi) is 2.11. The molecule has 0 aromatic heterocycles. The van der Waals surface area contributed by atoms with Crippen molar-refractivity contribution in [2.24, 2.45) is 47.3 Å². The summed E-state index contributed by atoms with van der Waals surface area (Å²) in [6.45, 7) is 0. The van der Waals surface area contributed by atoms with E-state index < -0.39 is 0 Å². The van der Waals surface area contributed by atoms with Crippen LogP contribution in [0, 0.1) is 47.3 Å². The van der Waals surface area contributed by atoms with Gasteiger partial charge in [0, 0.05) is 0 Å². The molecule has 6 rings (SSSR count). The smallest absolute Gasteiger partial charge is 0.0166 e. The molecule has 6 saturated carbocycles. The summed E-state index contributed by atoms with van der Waals surface area (Å²) in [5.41, 5.74) is 4.14. The van der Waals surface area contributed by atoms with Gasteiger partial charge in [0.1, 0.15) is 0 Å². The number of rotatable bonds is 0. The van der Waals surface area contributed by atoms with Crippen LogP contribution in [-0.4, -0.2) is 0 Å². The molecule has 0 heterocycles. The van der Waals surface area contributed by atoms with Crippen molar-refractivity contribution in [2.75, 3.05) is 0 Å². The summed E-state index contributed by atoms with van der Waals surface area (Å²) in [7, 11) is 0. The lowest BCUT2D eigenvalue weighted by Crippen LogP contribution is -2.11. The molecular formula is C20H28. The van der Waals surface area contributed by atoms with Gasteiger partial charge in [-0.25, -0.2) is 0 Å². The van der Waals surface area contributed by atoms with Crippen molar-refractivity contribution in [1.82, 2.24) is 0 Å². The molecule has 0 N–H and O–H groups in total. The van der Waals surface area contributed by atoms with E-state index in [2.05, 4.69) is 11.1 Å². The summed E-state index contributed by atoms with van der Waals surface area (Å²) in [4.78, 5) is 0. The Bertz CT molecular complexity index is 442. The monoisotopic (exact) mass is 268 g/mol. The lowest BCUT2D eigenvalue weighted by molar-refractivity contribution is 0.359. The van der Waals surface area contributed by atoms with Crippen LogP contribution in [0.2, 0.25) is 0 Å². The minimum atomic E-state index is 1.08. The highest BCUT2D eigenvalue weighted by molar-refractivity contribution is 5.33. The molecular weight excluding hydrogens is 240 g/mol. The first-order chi connectivity index (χ1) is 9.90. The van der Waals surface area contributed by atoms with Crippen LogP contribution in [0.3, 0.4) is 0 Å². The third kappa shape index (κ3) is 1.22. The molecule has 0 bridgehead atoms. The first kappa shape index (κ1) is 11.3. The molecule has 0 aliphatic heterocycles. The molecule has 0 radical (unpaired) electrons. The fourth-order valence-corrected chi connectivity index (χ4v) is 8.45. The van der Waals surface area contributed by atoms with Gasteiger partial charge in [-0.15, -0.1) is 0 Å². The minimum Gasteiger partial charge on any atom is -0.0670 e. The van der Waals surface area contributed by atoms with E-state index in [1.165, 1.54) is 0 Å². The molecule has 0 spiro atoms. The second kappa shape index (κ2) is 3.73. The summed E-state index contributed by atoms with van der Waals surface area (Å²) in [6, 6.07) is 0. The highest BCUT2D eigenvalue weighted by atomic mass is 14.6. The molecule has 108 valence electrons. The van der Waals surface area contributed by atoms with Crippen LogP contribution in [0.4, 0.5) is 0 Å². The van der Waals surface area contributed by atoms with Crippen LogP contribution in [0.15, 0.2) is 11.1 Å². The summed E-state index contributed by atoms with van der Waals surface area (Å²) in [5, 5.41) is 0. The Morgan fingerprint density at radius 3 is 1.35 bits per heavy atom. The molecule has 0 nitrogen and oxygen atoms in total. The highest BCUT2D eigenvalue weighted by Crippen LogP contribution is 2.66. The van der Waals surface area contributed by atoms with Gasteiger partial charge in [-0.05, 0) is 112 Å². The van der Waals surface area contributed by atoms with E-state index in [1.807, 2.05) is 0 Å². The Labute approximate surface area is 123 Å². The van der Waals surface area contributed by atoms with Crippen molar-refractivity contribution in [3.05, 3.63) is 11.1 Å². The third-order valence-corrected chi connectivity index (χ3v) is 8.89. The molecule has 0 aromatic carbocycles. The predicted octanol–water partition coefficient (Wildman–Crippen LogP) is 5.20. The molecule has 8 atom stereocenters. The maximum Gasteiger partial charge on any atom is -0.0166 e. The molecule has 0 amide bonds. The predicted molar refractivity (Wildman–Crippen MR) is 81.1 cm³/mol. The first-order valence-electron chi connectivity index (χ1n) is 9.62. The van der Waals surface area contributed by atoms with Gasteiger partial charge < -0.3 is 0 Å². The molecule has 0 heteroatoms. The maximum atomic E-state index is 2.07.